The normalized spacial score (nSPS) is 11.2. The number of benzene rings is 2. The standard InChI is InChI=1S/C22H29ClN2O/c1-2-3-4-5-6-7-8-12-17-26-22-16-15-20(18-21(22)23)25-24-19-13-10-9-11-14-19/h9-11,13-16,18H,2-8,12,17H2,1H3. The van der Waals surface area contributed by atoms with Gasteiger partial charge in [-0.25, -0.2) is 0 Å². The van der Waals surface area contributed by atoms with Crippen LogP contribution in [0.5, 0.6) is 5.75 Å². The summed E-state index contributed by atoms with van der Waals surface area (Å²) in [6.07, 6.45) is 10.3. The summed E-state index contributed by atoms with van der Waals surface area (Å²) < 4.78 is 5.80. The second kappa shape index (κ2) is 12.5. The molecule has 2 aromatic rings. The van der Waals surface area contributed by atoms with E-state index in [0.717, 1.165) is 17.8 Å². The van der Waals surface area contributed by atoms with Crippen LogP contribution in [0.1, 0.15) is 58.3 Å². The molecule has 140 valence electrons. The molecule has 0 fully saturated rings. The summed E-state index contributed by atoms with van der Waals surface area (Å²) in [6, 6.07) is 15.2. The van der Waals surface area contributed by atoms with E-state index in [4.69, 9.17) is 16.3 Å². The van der Waals surface area contributed by atoms with Gasteiger partial charge < -0.3 is 4.74 Å². The molecular formula is C22H29ClN2O. The molecule has 0 spiro atoms. The van der Waals surface area contributed by atoms with Crippen LogP contribution in [0.25, 0.3) is 0 Å². The van der Waals surface area contributed by atoms with Gasteiger partial charge in [0.25, 0.3) is 0 Å². The highest BCUT2D eigenvalue weighted by molar-refractivity contribution is 6.32. The molecule has 2 rings (SSSR count). The molecule has 0 radical (unpaired) electrons. The summed E-state index contributed by atoms with van der Waals surface area (Å²) in [5.74, 6) is 0.716. The molecule has 0 bridgehead atoms. The third kappa shape index (κ3) is 8.01. The lowest BCUT2D eigenvalue weighted by Crippen LogP contribution is -1.97. The van der Waals surface area contributed by atoms with E-state index in [9.17, 15) is 0 Å². The van der Waals surface area contributed by atoms with E-state index in [1.807, 2.05) is 42.5 Å². The van der Waals surface area contributed by atoms with Crippen molar-refractivity contribution in [2.75, 3.05) is 6.61 Å². The average molecular weight is 373 g/mol. The van der Waals surface area contributed by atoms with Crippen LogP contribution in [0.15, 0.2) is 58.8 Å². The fourth-order valence-corrected chi connectivity index (χ4v) is 2.93. The monoisotopic (exact) mass is 372 g/mol. The summed E-state index contributed by atoms with van der Waals surface area (Å²) in [7, 11) is 0. The number of azo groups is 1. The van der Waals surface area contributed by atoms with Crippen molar-refractivity contribution >= 4 is 23.0 Å². The predicted octanol–water partition coefficient (Wildman–Crippen LogP) is 8.27. The largest absolute Gasteiger partial charge is 0.492 e. The van der Waals surface area contributed by atoms with Crippen molar-refractivity contribution in [1.29, 1.82) is 0 Å². The van der Waals surface area contributed by atoms with Gasteiger partial charge in [0.05, 0.1) is 23.0 Å². The van der Waals surface area contributed by atoms with Crippen LogP contribution in [0.2, 0.25) is 5.02 Å². The van der Waals surface area contributed by atoms with E-state index >= 15 is 0 Å². The predicted molar refractivity (Wildman–Crippen MR) is 110 cm³/mol. The van der Waals surface area contributed by atoms with Gasteiger partial charge in [-0.1, -0.05) is 81.7 Å². The fourth-order valence-electron chi connectivity index (χ4n) is 2.70. The molecule has 0 N–H and O–H groups in total. The third-order valence-electron chi connectivity index (χ3n) is 4.21. The van der Waals surface area contributed by atoms with Gasteiger partial charge in [-0.15, -0.1) is 0 Å². The highest BCUT2D eigenvalue weighted by Gasteiger charge is 2.03. The average Bonchev–Trinajstić information content (AvgIpc) is 2.67. The lowest BCUT2D eigenvalue weighted by Gasteiger charge is -2.08. The molecule has 0 amide bonds. The van der Waals surface area contributed by atoms with E-state index in [0.29, 0.717) is 17.4 Å². The summed E-state index contributed by atoms with van der Waals surface area (Å²) in [5.41, 5.74) is 1.54. The zero-order chi connectivity index (χ0) is 18.5. The van der Waals surface area contributed by atoms with E-state index in [1.54, 1.807) is 6.07 Å². The third-order valence-corrected chi connectivity index (χ3v) is 4.50. The Balaban J connectivity index is 1.68. The van der Waals surface area contributed by atoms with Crippen molar-refractivity contribution in [3.05, 3.63) is 53.6 Å². The summed E-state index contributed by atoms with van der Waals surface area (Å²) in [5, 5.41) is 8.99. The summed E-state index contributed by atoms with van der Waals surface area (Å²) in [4.78, 5) is 0. The Hall–Kier alpha value is -1.87. The molecule has 4 heteroatoms. The number of halogens is 1. The number of rotatable bonds is 12. The Morgan fingerprint density at radius 3 is 2.12 bits per heavy atom. The van der Waals surface area contributed by atoms with Gasteiger partial charge >= 0.3 is 0 Å². The van der Waals surface area contributed by atoms with Crippen LogP contribution < -0.4 is 4.74 Å². The van der Waals surface area contributed by atoms with Gasteiger partial charge in [0, 0.05) is 0 Å². The Bertz CT molecular complexity index is 658. The zero-order valence-corrected chi connectivity index (χ0v) is 16.4. The maximum atomic E-state index is 6.30. The van der Waals surface area contributed by atoms with E-state index in [-0.39, 0.29) is 0 Å². The molecule has 0 aliphatic rings. The van der Waals surface area contributed by atoms with Gasteiger partial charge in [0.2, 0.25) is 0 Å². The van der Waals surface area contributed by atoms with Crippen LogP contribution in [0, 0.1) is 0 Å². The first-order valence-corrected chi connectivity index (χ1v) is 10.1. The fraction of sp³-hybridized carbons (Fsp3) is 0.455. The Morgan fingerprint density at radius 2 is 1.42 bits per heavy atom. The van der Waals surface area contributed by atoms with Crippen molar-refractivity contribution in [3.63, 3.8) is 0 Å². The quantitative estimate of drug-likeness (QED) is 0.272. The lowest BCUT2D eigenvalue weighted by molar-refractivity contribution is 0.304. The first kappa shape index (κ1) is 20.4. The highest BCUT2D eigenvalue weighted by atomic mass is 35.5. The second-order valence-corrected chi connectivity index (χ2v) is 6.88. The lowest BCUT2D eigenvalue weighted by atomic mass is 10.1. The van der Waals surface area contributed by atoms with Crippen molar-refractivity contribution in [3.8, 4) is 5.75 Å². The molecule has 0 saturated heterocycles. The van der Waals surface area contributed by atoms with E-state index in [1.165, 1.54) is 44.9 Å². The van der Waals surface area contributed by atoms with Gasteiger partial charge in [-0.3, -0.25) is 0 Å². The van der Waals surface area contributed by atoms with Crippen molar-refractivity contribution < 1.29 is 4.74 Å². The van der Waals surface area contributed by atoms with E-state index < -0.39 is 0 Å². The summed E-state index contributed by atoms with van der Waals surface area (Å²) in [6.45, 7) is 2.96. The number of unbranched alkanes of at least 4 members (excludes halogenated alkanes) is 7. The van der Waals surface area contributed by atoms with Crippen LogP contribution in [0.4, 0.5) is 11.4 Å². The summed E-state index contributed by atoms with van der Waals surface area (Å²) >= 11 is 6.30. The molecule has 0 heterocycles. The van der Waals surface area contributed by atoms with Crippen LogP contribution >= 0.6 is 11.6 Å². The molecular weight excluding hydrogens is 344 g/mol. The van der Waals surface area contributed by atoms with Crippen LogP contribution in [-0.4, -0.2) is 6.61 Å². The first-order chi connectivity index (χ1) is 12.8. The molecule has 0 saturated carbocycles. The van der Waals surface area contributed by atoms with Gasteiger partial charge in [0.15, 0.2) is 0 Å². The van der Waals surface area contributed by atoms with Crippen molar-refractivity contribution in [2.45, 2.75) is 58.3 Å². The number of hydrogen-bond acceptors (Lipinski definition) is 3. The Morgan fingerprint density at radius 1 is 0.769 bits per heavy atom. The molecule has 0 atom stereocenters. The number of ether oxygens (including phenoxy) is 1. The number of hydrogen-bond donors (Lipinski definition) is 0. The molecule has 0 unspecified atom stereocenters. The topological polar surface area (TPSA) is 34.0 Å². The molecule has 2 aromatic carbocycles. The molecule has 0 aliphatic carbocycles. The maximum Gasteiger partial charge on any atom is 0.138 e. The Kier molecular flexibility index (Phi) is 9.81. The maximum absolute atomic E-state index is 6.30. The van der Waals surface area contributed by atoms with Crippen LogP contribution in [-0.2, 0) is 0 Å². The zero-order valence-electron chi connectivity index (χ0n) is 15.7. The van der Waals surface area contributed by atoms with Gasteiger partial charge in [-0.2, -0.15) is 10.2 Å². The molecule has 0 aromatic heterocycles. The molecule has 26 heavy (non-hydrogen) atoms. The first-order valence-electron chi connectivity index (χ1n) is 9.68. The van der Waals surface area contributed by atoms with Crippen molar-refractivity contribution in [2.24, 2.45) is 10.2 Å². The smallest absolute Gasteiger partial charge is 0.138 e. The van der Waals surface area contributed by atoms with Gasteiger partial charge in [-0.05, 0) is 36.8 Å². The van der Waals surface area contributed by atoms with Gasteiger partial charge in [0.1, 0.15) is 5.75 Å². The second-order valence-electron chi connectivity index (χ2n) is 6.47. The molecule has 0 aliphatic heterocycles. The molecule has 3 nitrogen and oxygen atoms in total. The number of nitrogens with zero attached hydrogens (tertiary/aromatic N) is 2. The minimum absolute atomic E-state index is 0.578. The Labute approximate surface area is 162 Å². The van der Waals surface area contributed by atoms with E-state index in [2.05, 4.69) is 17.2 Å². The SMILES string of the molecule is CCCCCCCCCCOc1ccc(N=Nc2ccccc2)cc1Cl. The minimum Gasteiger partial charge on any atom is -0.492 e. The van der Waals surface area contributed by atoms with Crippen molar-refractivity contribution in [1.82, 2.24) is 0 Å². The van der Waals surface area contributed by atoms with Crippen LogP contribution in [0.3, 0.4) is 0 Å². The highest BCUT2D eigenvalue weighted by Crippen LogP contribution is 2.30. The minimum atomic E-state index is 0.578.